The highest BCUT2D eigenvalue weighted by Gasteiger charge is 2.27. The highest BCUT2D eigenvalue weighted by Crippen LogP contribution is 2.31. The molecule has 0 saturated heterocycles. The molecular formula is C45H56N6O4. The topological polar surface area (TPSA) is 107 Å². The van der Waals surface area contributed by atoms with E-state index >= 15 is 0 Å². The molecule has 0 aromatic heterocycles. The molecule has 4 aromatic carbocycles. The fourth-order valence-corrected chi connectivity index (χ4v) is 6.57. The number of rotatable bonds is 20. The van der Waals surface area contributed by atoms with Gasteiger partial charge in [0.15, 0.2) is 0 Å². The third-order valence-electron chi connectivity index (χ3n) is 9.50. The number of aliphatic imine (C=N–C) groups is 1. The van der Waals surface area contributed by atoms with Gasteiger partial charge in [-0.05, 0) is 73.9 Å². The fraction of sp³-hybridized carbons (Fsp3) is 0.378. The van der Waals surface area contributed by atoms with Gasteiger partial charge in [-0.2, -0.15) is 0 Å². The predicted molar refractivity (Wildman–Crippen MR) is 222 cm³/mol. The van der Waals surface area contributed by atoms with Crippen LogP contribution in [0.1, 0.15) is 83.6 Å². The highest BCUT2D eigenvalue weighted by atomic mass is 16.5. The molecule has 10 heteroatoms. The van der Waals surface area contributed by atoms with Crippen molar-refractivity contribution in [3.05, 3.63) is 115 Å². The SMILES string of the molecule is CCCCCCN(CCCCCC)C(=O)CCCOc1ccc2c(c1)CN(CC(=O)Nc1ccccc1)C(NC(=O)N(c1ccccc1)c1ccccc1)=N2. The normalized spacial score (nSPS) is 12.0. The summed E-state index contributed by atoms with van der Waals surface area (Å²) >= 11 is 0. The molecule has 0 atom stereocenters. The fourth-order valence-electron chi connectivity index (χ4n) is 6.57. The number of guanidine groups is 1. The van der Waals surface area contributed by atoms with E-state index in [0.717, 1.165) is 44.3 Å². The highest BCUT2D eigenvalue weighted by molar-refractivity contribution is 6.09. The molecule has 0 unspecified atom stereocenters. The van der Waals surface area contributed by atoms with Crippen molar-refractivity contribution >= 4 is 46.6 Å². The third kappa shape index (κ3) is 12.7. The molecule has 55 heavy (non-hydrogen) atoms. The number of nitrogens with one attached hydrogen (secondary N) is 2. The molecule has 0 bridgehead atoms. The van der Waals surface area contributed by atoms with Gasteiger partial charge in [0.1, 0.15) is 12.3 Å². The summed E-state index contributed by atoms with van der Waals surface area (Å²) < 4.78 is 6.15. The number of fused-ring (bicyclic) bond motifs is 1. The van der Waals surface area contributed by atoms with Gasteiger partial charge in [-0.15, -0.1) is 0 Å². The zero-order valence-electron chi connectivity index (χ0n) is 32.4. The van der Waals surface area contributed by atoms with E-state index in [2.05, 4.69) is 29.4 Å². The Morgan fingerprint density at radius 3 is 1.91 bits per heavy atom. The van der Waals surface area contributed by atoms with E-state index in [0.29, 0.717) is 54.5 Å². The Balaban J connectivity index is 1.27. The molecule has 0 radical (unpaired) electrons. The molecule has 0 fully saturated rings. The second-order valence-corrected chi connectivity index (χ2v) is 13.9. The number of nitrogens with zero attached hydrogens (tertiary/aromatic N) is 4. The number of hydrogen-bond acceptors (Lipinski definition) is 6. The van der Waals surface area contributed by atoms with Gasteiger partial charge >= 0.3 is 6.03 Å². The summed E-state index contributed by atoms with van der Waals surface area (Å²) in [4.78, 5) is 50.8. The number of amides is 4. The molecular weight excluding hydrogens is 689 g/mol. The quantitative estimate of drug-likeness (QED) is 0.0877. The van der Waals surface area contributed by atoms with Crippen LogP contribution in [-0.4, -0.2) is 59.8 Å². The largest absolute Gasteiger partial charge is 0.494 e. The van der Waals surface area contributed by atoms with Crippen molar-refractivity contribution in [3.63, 3.8) is 0 Å². The van der Waals surface area contributed by atoms with Crippen molar-refractivity contribution in [1.29, 1.82) is 0 Å². The number of para-hydroxylation sites is 3. The summed E-state index contributed by atoms with van der Waals surface area (Å²) in [5.41, 5.74) is 3.58. The van der Waals surface area contributed by atoms with Gasteiger partial charge < -0.3 is 19.9 Å². The number of hydrogen-bond donors (Lipinski definition) is 2. The molecule has 0 saturated carbocycles. The lowest BCUT2D eigenvalue weighted by Gasteiger charge is -2.32. The summed E-state index contributed by atoms with van der Waals surface area (Å²) in [6.45, 7) is 6.74. The molecule has 1 aliphatic heterocycles. The van der Waals surface area contributed by atoms with Crippen LogP contribution in [0.5, 0.6) is 5.75 Å². The minimum Gasteiger partial charge on any atom is -0.494 e. The van der Waals surface area contributed by atoms with Crippen LogP contribution < -0.4 is 20.3 Å². The van der Waals surface area contributed by atoms with Gasteiger partial charge in [-0.25, -0.2) is 9.79 Å². The molecule has 5 rings (SSSR count). The Kier molecular flexibility index (Phi) is 16.2. The van der Waals surface area contributed by atoms with Gasteiger partial charge in [0.2, 0.25) is 17.8 Å². The van der Waals surface area contributed by atoms with Gasteiger partial charge in [0, 0.05) is 37.3 Å². The summed E-state index contributed by atoms with van der Waals surface area (Å²) in [7, 11) is 0. The summed E-state index contributed by atoms with van der Waals surface area (Å²) in [5.74, 6) is 0.881. The van der Waals surface area contributed by atoms with Crippen LogP contribution in [-0.2, 0) is 16.1 Å². The molecule has 1 aliphatic rings. The minimum absolute atomic E-state index is 0.0509. The van der Waals surface area contributed by atoms with E-state index in [1.54, 1.807) is 9.80 Å². The number of urea groups is 1. The lowest BCUT2D eigenvalue weighted by Crippen LogP contribution is -2.50. The standard InChI is InChI=1S/C45H56N6O4/c1-3-5-7-18-30-49(31-19-8-6-4-2)43(53)27-20-32-55-40-28-29-41-36(33-40)34-50(35-42(52)46-37-21-12-9-13-22-37)44(47-41)48-45(54)51(38-23-14-10-15-24-38)39-25-16-11-17-26-39/h9-17,21-26,28-29,33H,3-8,18-20,27,30-32,34-35H2,1-2H3,(H,46,52)(H,47,48,54). The lowest BCUT2D eigenvalue weighted by atomic mass is 10.1. The van der Waals surface area contributed by atoms with Crippen molar-refractivity contribution < 1.29 is 19.1 Å². The van der Waals surface area contributed by atoms with E-state index in [-0.39, 0.29) is 24.3 Å². The molecule has 1 heterocycles. The van der Waals surface area contributed by atoms with Crippen LogP contribution in [0.4, 0.5) is 27.5 Å². The smallest absolute Gasteiger partial charge is 0.333 e. The molecule has 10 nitrogen and oxygen atoms in total. The number of carbonyl (C=O) groups is 3. The van der Waals surface area contributed by atoms with Gasteiger partial charge in [-0.3, -0.25) is 19.8 Å². The first-order valence-corrected chi connectivity index (χ1v) is 19.9. The van der Waals surface area contributed by atoms with Crippen LogP contribution in [0.3, 0.4) is 0 Å². The number of unbranched alkanes of at least 4 members (excludes halogenated alkanes) is 6. The summed E-state index contributed by atoms with van der Waals surface area (Å²) in [6, 6.07) is 33.3. The van der Waals surface area contributed by atoms with Crippen LogP contribution in [0, 0.1) is 0 Å². The molecule has 2 N–H and O–H groups in total. The number of ether oxygens (including phenoxy) is 1. The molecule has 4 amide bonds. The maximum atomic E-state index is 14.1. The molecule has 290 valence electrons. The maximum Gasteiger partial charge on any atom is 0.333 e. The number of anilines is 3. The van der Waals surface area contributed by atoms with E-state index < -0.39 is 6.03 Å². The Morgan fingerprint density at radius 1 is 0.709 bits per heavy atom. The summed E-state index contributed by atoms with van der Waals surface area (Å²) in [6.07, 6.45) is 10.3. The number of benzene rings is 4. The average molecular weight is 745 g/mol. The Hall–Kier alpha value is -5.64. The monoisotopic (exact) mass is 744 g/mol. The van der Waals surface area contributed by atoms with Crippen molar-refractivity contribution in [2.75, 3.05) is 36.5 Å². The summed E-state index contributed by atoms with van der Waals surface area (Å²) in [5, 5.41) is 5.95. The van der Waals surface area contributed by atoms with Crippen LogP contribution in [0.25, 0.3) is 0 Å². The van der Waals surface area contributed by atoms with Crippen LogP contribution in [0.15, 0.2) is 114 Å². The van der Waals surface area contributed by atoms with Crippen LogP contribution >= 0.6 is 0 Å². The second-order valence-electron chi connectivity index (χ2n) is 13.9. The van der Waals surface area contributed by atoms with E-state index in [9.17, 15) is 14.4 Å². The Bertz CT molecular complexity index is 1770. The minimum atomic E-state index is -0.414. The van der Waals surface area contributed by atoms with Crippen molar-refractivity contribution in [1.82, 2.24) is 15.1 Å². The van der Waals surface area contributed by atoms with Gasteiger partial charge in [-0.1, -0.05) is 107 Å². The Morgan fingerprint density at radius 2 is 1.31 bits per heavy atom. The number of carbonyl (C=O) groups excluding carboxylic acids is 3. The average Bonchev–Trinajstić information content (AvgIpc) is 3.20. The second kappa shape index (κ2) is 21.9. The van der Waals surface area contributed by atoms with E-state index in [1.165, 1.54) is 25.7 Å². The maximum absolute atomic E-state index is 14.1. The Labute approximate surface area is 326 Å². The lowest BCUT2D eigenvalue weighted by molar-refractivity contribution is -0.131. The van der Waals surface area contributed by atoms with E-state index in [1.807, 2.05) is 109 Å². The van der Waals surface area contributed by atoms with Crippen molar-refractivity contribution in [3.8, 4) is 5.75 Å². The van der Waals surface area contributed by atoms with Crippen LogP contribution in [0.2, 0.25) is 0 Å². The molecule has 0 spiro atoms. The molecule has 4 aromatic rings. The zero-order chi connectivity index (χ0) is 38.7. The molecule has 0 aliphatic carbocycles. The first-order chi connectivity index (χ1) is 26.9. The van der Waals surface area contributed by atoms with Gasteiger partial charge in [0.25, 0.3) is 0 Å². The van der Waals surface area contributed by atoms with Crippen molar-refractivity contribution in [2.45, 2.75) is 84.6 Å². The van der Waals surface area contributed by atoms with Gasteiger partial charge in [0.05, 0.1) is 23.7 Å². The van der Waals surface area contributed by atoms with Crippen molar-refractivity contribution in [2.24, 2.45) is 4.99 Å². The first kappa shape index (κ1) is 40.5. The van der Waals surface area contributed by atoms with E-state index in [4.69, 9.17) is 9.73 Å². The predicted octanol–water partition coefficient (Wildman–Crippen LogP) is 9.82. The zero-order valence-corrected chi connectivity index (χ0v) is 32.4. The first-order valence-electron chi connectivity index (χ1n) is 19.9. The third-order valence-corrected chi connectivity index (χ3v) is 9.50.